The zero-order valence-electron chi connectivity index (χ0n) is 8.94. The van der Waals surface area contributed by atoms with E-state index in [1.807, 2.05) is 14.1 Å². The molecule has 0 saturated carbocycles. The summed E-state index contributed by atoms with van der Waals surface area (Å²) in [5.41, 5.74) is 0.151. The van der Waals surface area contributed by atoms with Crippen molar-refractivity contribution in [2.24, 2.45) is 7.05 Å². The third-order valence-electron chi connectivity index (χ3n) is 2.07. The molecule has 1 aromatic rings. The van der Waals surface area contributed by atoms with Gasteiger partial charge in [-0.25, -0.2) is 9.36 Å². The maximum atomic E-state index is 11.6. The van der Waals surface area contributed by atoms with E-state index in [9.17, 15) is 9.59 Å². The Bertz CT molecular complexity index is 442. The highest BCUT2D eigenvalue weighted by Crippen LogP contribution is 1.86. The molecule has 0 atom stereocenters. The fourth-order valence-corrected chi connectivity index (χ4v) is 1.19. The Labute approximate surface area is 82.2 Å². The highest BCUT2D eigenvalue weighted by molar-refractivity contribution is 4.98. The summed E-state index contributed by atoms with van der Waals surface area (Å²) in [5.74, 6) is 0. The molecule has 0 bridgehead atoms. The van der Waals surface area contributed by atoms with E-state index >= 15 is 0 Å². The van der Waals surface area contributed by atoms with E-state index in [1.54, 1.807) is 18.9 Å². The lowest BCUT2D eigenvalue weighted by Crippen LogP contribution is -2.42. The van der Waals surface area contributed by atoms with Gasteiger partial charge < -0.3 is 4.57 Å². The average Bonchev–Trinajstić information content (AvgIpc) is 2.09. The molecule has 78 valence electrons. The highest BCUT2D eigenvalue weighted by atomic mass is 16.2. The van der Waals surface area contributed by atoms with Crippen LogP contribution in [0.5, 0.6) is 0 Å². The van der Waals surface area contributed by atoms with E-state index < -0.39 is 0 Å². The van der Waals surface area contributed by atoms with Crippen molar-refractivity contribution in [1.29, 1.82) is 0 Å². The summed E-state index contributed by atoms with van der Waals surface area (Å²) in [4.78, 5) is 24.9. The van der Waals surface area contributed by atoms with Crippen LogP contribution < -0.4 is 11.2 Å². The summed E-state index contributed by atoms with van der Waals surface area (Å²) in [5, 5.41) is 0. The molecule has 0 unspecified atom stereocenters. The molecule has 0 aliphatic heterocycles. The molecular weight excluding hydrogens is 182 g/mol. The van der Waals surface area contributed by atoms with Gasteiger partial charge in [0, 0.05) is 18.8 Å². The van der Waals surface area contributed by atoms with Crippen molar-refractivity contribution in [2.45, 2.75) is 13.6 Å². The first-order valence-electron chi connectivity index (χ1n) is 4.35. The van der Waals surface area contributed by atoms with E-state index in [2.05, 4.69) is 0 Å². The first kappa shape index (κ1) is 10.7. The van der Waals surface area contributed by atoms with Gasteiger partial charge in [-0.2, -0.15) is 0 Å². The Morgan fingerprint density at radius 2 is 1.93 bits per heavy atom. The SMILES string of the molecule is Cc1cc(=O)n(CN(C)C)c(=O)n1C. The average molecular weight is 197 g/mol. The van der Waals surface area contributed by atoms with Crippen LogP contribution in [-0.2, 0) is 13.7 Å². The van der Waals surface area contributed by atoms with Gasteiger partial charge in [-0.3, -0.25) is 9.69 Å². The maximum absolute atomic E-state index is 11.6. The van der Waals surface area contributed by atoms with Crippen LogP contribution in [-0.4, -0.2) is 28.1 Å². The normalized spacial score (nSPS) is 10.9. The largest absolute Gasteiger partial charge is 0.332 e. The van der Waals surface area contributed by atoms with E-state index in [4.69, 9.17) is 0 Å². The highest BCUT2D eigenvalue weighted by Gasteiger charge is 2.05. The molecule has 0 N–H and O–H groups in total. The van der Waals surface area contributed by atoms with Crippen LogP contribution in [0.25, 0.3) is 0 Å². The van der Waals surface area contributed by atoms with Gasteiger partial charge >= 0.3 is 5.69 Å². The number of aryl methyl sites for hydroxylation is 1. The fraction of sp³-hybridized carbons (Fsp3) is 0.556. The summed E-state index contributed by atoms with van der Waals surface area (Å²) < 4.78 is 2.66. The van der Waals surface area contributed by atoms with Crippen LogP contribution in [0.2, 0.25) is 0 Å². The predicted octanol–water partition coefficient (Wildman–Crippen LogP) is -0.625. The summed E-state index contributed by atoms with van der Waals surface area (Å²) in [7, 11) is 5.28. The number of rotatable bonds is 2. The second-order valence-electron chi connectivity index (χ2n) is 3.61. The molecule has 0 aromatic carbocycles. The first-order valence-corrected chi connectivity index (χ1v) is 4.35. The molecule has 5 heteroatoms. The zero-order chi connectivity index (χ0) is 10.9. The van der Waals surface area contributed by atoms with Crippen molar-refractivity contribution in [3.63, 3.8) is 0 Å². The monoisotopic (exact) mass is 197 g/mol. The quantitative estimate of drug-likeness (QED) is 0.634. The van der Waals surface area contributed by atoms with Gasteiger partial charge in [0.1, 0.15) is 0 Å². The molecule has 1 heterocycles. The maximum Gasteiger partial charge on any atom is 0.332 e. The molecule has 0 amide bonds. The standard InChI is InChI=1S/C9H15N3O2/c1-7-5-8(13)12(6-10(2)3)9(14)11(7)4/h5H,6H2,1-4H3. The molecule has 0 radical (unpaired) electrons. The molecule has 0 spiro atoms. The topological polar surface area (TPSA) is 47.2 Å². The van der Waals surface area contributed by atoms with Gasteiger partial charge in [-0.1, -0.05) is 0 Å². The van der Waals surface area contributed by atoms with Crippen molar-refractivity contribution < 1.29 is 0 Å². The number of nitrogens with zero attached hydrogens (tertiary/aromatic N) is 3. The minimum Gasteiger partial charge on any atom is -0.301 e. The lowest BCUT2D eigenvalue weighted by Gasteiger charge is -2.13. The Morgan fingerprint density at radius 3 is 2.43 bits per heavy atom. The van der Waals surface area contributed by atoms with E-state index in [0.29, 0.717) is 12.4 Å². The van der Waals surface area contributed by atoms with Crippen molar-refractivity contribution in [3.8, 4) is 0 Å². The molecule has 14 heavy (non-hydrogen) atoms. The number of hydrogen-bond donors (Lipinski definition) is 0. The van der Waals surface area contributed by atoms with Crippen molar-refractivity contribution in [3.05, 3.63) is 32.6 Å². The minimum absolute atomic E-state index is 0.251. The van der Waals surface area contributed by atoms with Crippen LogP contribution in [0.3, 0.4) is 0 Å². The predicted molar refractivity (Wildman–Crippen MR) is 54.4 cm³/mol. The van der Waals surface area contributed by atoms with Gasteiger partial charge in [-0.05, 0) is 21.0 Å². The van der Waals surface area contributed by atoms with Crippen LogP contribution in [0.1, 0.15) is 5.69 Å². The number of aromatic nitrogens is 2. The van der Waals surface area contributed by atoms with Gasteiger partial charge in [0.05, 0.1) is 6.67 Å². The Morgan fingerprint density at radius 1 is 1.36 bits per heavy atom. The molecular formula is C9H15N3O2. The minimum atomic E-state index is -0.274. The molecule has 1 rings (SSSR count). The Balaban J connectivity index is 3.38. The van der Waals surface area contributed by atoms with E-state index in [1.165, 1.54) is 15.2 Å². The first-order chi connectivity index (χ1) is 6.43. The van der Waals surface area contributed by atoms with Crippen LogP contribution in [0.15, 0.2) is 15.7 Å². The van der Waals surface area contributed by atoms with Crippen molar-refractivity contribution in [1.82, 2.24) is 14.0 Å². The van der Waals surface area contributed by atoms with Crippen LogP contribution in [0.4, 0.5) is 0 Å². The lowest BCUT2D eigenvalue weighted by molar-refractivity contribution is 0.308. The van der Waals surface area contributed by atoms with Gasteiger partial charge in [0.2, 0.25) is 0 Å². The number of hydrogen-bond acceptors (Lipinski definition) is 3. The third-order valence-corrected chi connectivity index (χ3v) is 2.07. The molecule has 0 aliphatic rings. The molecule has 0 saturated heterocycles. The smallest absolute Gasteiger partial charge is 0.301 e. The van der Waals surface area contributed by atoms with E-state index in [0.717, 1.165) is 0 Å². The summed E-state index contributed by atoms with van der Waals surface area (Å²) >= 11 is 0. The van der Waals surface area contributed by atoms with Gasteiger partial charge in [0.25, 0.3) is 5.56 Å². The van der Waals surface area contributed by atoms with Crippen molar-refractivity contribution in [2.75, 3.05) is 14.1 Å². The Hall–Kier alpha value is -1.36. The van der Waals surface area contributed by atoms with Crippen LogP contribution >= 0.6 is 0 Å². The van der Waals surface area contributed by atoms with Crippen LogP contribution in [0, 0.1) is 6.92 Å². The second kappa shape index (κ2) is 3.79. The second-order valence-corrected chi connectivity index (χ2v) is 3.61. The molecule has 0 aliphatic carbocycles. The van der Waals surface area contributed by atoms with E-state index in [-0.39, 0.29) is 11.2 Å². The Kier molecular flexibility index (Phi) is 2.90. The van der Waals surface area contributed by atoms with Gasteiger partial charge in [-0.15, -0.1) is 0 Å². The zero-order valence-corrected chi connectivity index (χ0v) is 8.94. The fourth-order valence-electron chi connectivity index (χ4n) is 1.19. The summed E-state index contributed by atoms with van der Waals surface area (Å²) in [6.07, 6.45) is 0. The summed E-state index contributed by atoms with van der Waals surface area (Å²) in [6.45, 7) is 2.05. The molecule has 5 nitrogen and oxygen atoms in total. The lowest BCUT2D eigenvalue weighted by atomic mass is 10.4. The third kappa shape index (κ3) is 1.93. The molecule has 0 fully saturated rings. The van der Waals surface area contributed by atoms with Crippen molar-refractivity contribution >= 4 is 0 Å². The molecule has 1 aromatic heterocycles. The van der Waals surface area contributed by atoms with Gasteiger partial charge in [0.15, 0.2) is 0 Å². The summed E-state index contributed by atoms with van der Waals surface area (Å²) in [6, 6.07) is 1.46.